The van der Waals surface area contributed by atoms with Crippen LogP contribution in [0.4, 0.5) is 23.5 Å². The molecule has 0 aliphatic heterocycles. The normalized spacial score (nSPS) is 10.4. The topological polar surface area (TPSA) is 95.4 Å². The van der Waals surface area contributed by atoms with E-state index < -0.39 is 0 Å². The molecule has 25 heavy (non-hydrogen) atoms. The van der Waals surface area contributed by atoms with Gasteiger partial charge in [0.1, 0.15) is 5.75 Å². The van der Waals surface area contributed by atoms with Crippen LogP contribution in [0.2, 0.25) is 5.02 Å². The van der Waals surface area contributed by atoms with Crippen molar-refractivity contribution in [2.45, 2.75) is 13.8 Å². The molecule has 0 atom stereocenters. The largest absolute Gasteiger partial charge is 0.495 e. The fourth-order valence-corrected chi connectivity index (χ4v) is 2.39. The minimum Gasteiger partial charge on any atom is -0.495 e. The number of aromatic nitrogens is 3. The lowest BCUT2D eigenvalue weighted by molar-refractivity contribution is 0.311. The van der Waals surface area contributed by atoms with Crippen LogP contribution >= 0.6 is 11.6 Å². The van der Waals surface area contributed by atoms with E-state index in [1.165, 1.54) is 0 Å². The molecular weight excluding hydrogens is 344 g/mol. The molecule has 1 aromatic heterocycles. The van der Waals surface area contributed by atoms with E-state index in [1.54, 1.807) is 25.3 Å². The first-order chi connectivity index (χ1) is 12.1. The molecule has 0 fully saturated rings. The maximum atomic E-state index is 9.01. The predicted octanol–water partition coefficient (Wildman–Crippen LogP) is 2.53. The fraction of sp³-hybridized carbons (Fsp3) is 0.438. The highest BCUT2D eigenvalue weighted by atomic mass is 35.5. The number of methoxy groups -OCH3 is 1. The van der Waals surface area contributed by atoms with Gasteiger partial charge in [0.2, 0.25) is 17.8 Å². The summed E-state index contributed by atoms with van der Waals surface area (Å²) in [5.41, 5.74) is 0.653. The molecule has 0 saturated heterocycles. The third kappa shape index (κ3) is 5.07. The Morgan fingerprint density at radius 1 is 1.16 bits per heavy atom. The first-order valence-corrected chi connectivity index (χ1v) is 8.45. The molecule has 2 aromatic rings. The Bertz CT molecular complexity index is 696. The molecule has 9 heteroatoms. The molecule has 136 valence electrons. The van der Waals surface area contributed by atoms with E-state index in [0.717, 1.165) is 13.1 Å². The first kappa shape index (κ1) is 19.0. The van der Waals surface area contributed by atoms with Crippen LogP contribution in [0, 0.1) is 0 Å². The Hall–Kier alpha value is -2.32. The molecule has 0 spiro atoms. The van der Waals surface area contributed by atoms with Gasteiger partial charge in [-0.1, -0.05) is 11.6 Å². The molecule has 1 aromatic carbocycles. The van der Waals surface area contributed by atoms with Gasteiger partial charge in [-0.15, -0.1) is 0 Å². The van der Waals surface area contributed by atoms with E-state index in [4.69, 9.17) is 21.4 Å². The lowest BCUT2D eigenvalue weighted by atomic mass is 10.3. The molecule has 8 nitrogen and oxygen atoms in total. The van der Waals surface area contributed by atoms with E-state index in [0.29, 0.717) is 40.8 Å². The summed E-state index contributed by atoms with van der Waals surface area (Å²) in [4.78, 5) is 15.2. The summed E-state index contributed by atoms with van der Waals surface area (Å²) < 4.78 is 5.34. The zero-order valence-electron chi connectivity index (χ0n) is 14.6. The van der Waals surface area contributed by atoms with Crippen LogP contribution in [0.5, 0.6) is 5.75 Å². The maximum Gasteiger partial charge on any atom is 0.233 e. The number of halogens is 1. The second kappa shape index (κ2) is 9.24. The van der Waals surface area contributed by atoms with Gasteiger partial charge in [-0.3, -0.25) is 0 Å². The van der Waals surface area contributed by atoms with Crippen LogP contribution in [0.15, 0.2) is 18.2 Å². The quantitative estimate of drug-likeness (QED) is 0.623. The zero-order chi connectivity index (χ0) is 18.2. The van der Waals surface area contributed by atoms with Crippen LogP contribution in [-0.2, 0) is 0 Å². The lowest BCUT2D eigenvalue weighted by Crippen LogP contribution is -2.25. The minimum absolute atomic E-state index is 0.0167. The van der Waals surface area contributed by atoms with Gasteiger partial charge in [-0.25, -0.2) is 0 Å². The number of hydrogen-bond acceptors (Lipinski definition) is 8. The van der Waals surface area contributed by atoms with Crippen molar-refractivity contribution < 1.29 is 9.84 Å². The highest BCUT2D eigenvalue weighted by Crippen LogP contribution is 2.30. The van der Waals surface area contributed by atoms with Gasteiger partial charge in [-0.05, 0) is 32.0 Å². The summed E-state index contributed by atoms with van der Waals surface area (Å²) in [5.74, 6) is 1.91. The fourth-order valence-electron chi connectivity index (χ4n) is 2.21. The Morgan fingerprint density at radius 3 is 2.52 bits per heavy atom. The summed E-state index contributed by atoms with van der Waals surface area (Å²) in [5, 5.41) is 15.7. The molecule has 0 radical (unpaired) electrons. The van der Waals surface area contributed by atoms with Gasteiger partial charge in [0.15, 0.2) is 0 Å². The Kier molecular flexibility index (Phi) is 7.03. The number of ether oxygens (including phenoxy) is 1. The van der Waals surface area contributed by atoms with Gasteiger partial charge in [0.25, 0.3) is 0 Å². The van der Waals surface area contributed by atoms with Crippen molar-refractivity contribution in [1.29, 1.82) is 0 Å². The van der Waals surface area contributed by atoms with Gasteiger partial charge in [-0.2, -0.15) is 15.0 Å². The highest BCUT2D eigenvalue weighted by Gasteiger charge is 2.13. The summed E-state index contributed by atoms with van der Waals surface area (Å²) in [6, 6.07) is 5.25. The van der Waals surface area contributed by atoms with Crippen molar-refractivity contribution >= 4 is 35.1 Å². The number of anilines is 4. The number of benzene rings is 1. The van der Waals surface area contributed by atoms with Crippen molar-refractivity contribution in [3.05, 3.63) is 23.2 Å². The van der Waals surface area contributed by atoms with E-state index in [2.05, 4.69) is 25.6 Å². The van der Waals surface area contributed by atoms with Crippen molar-refractivity contribution in [3.8, 4) is 5.75 Å². The second-order valence-corrected chi connectivity index (χ2v) is 5.51. The average molecular weight is 367 g/mol. The smallest absolute Gasteiger partial charge is 0.233 e. The van der Waals surface area contributed by atoms with Crippen LogP contribution < -0.4 is 20.3 Å². The third-order valence-electron chi connectivity index (χ3n) is 3.47. The molecule has 0 saturated carbocycles. The number of aliphatic hydroxyl groups is 1. The van der Waals surface area contributed by atoms with Crippen LogP contribution in [0.3, 0.4) is 0 Å². The average Bonchev–Trinajstić information content (AvgIpc) is 2.61. The van der Waals surface area contributed by atoms with Crippen molar-refractivity contribution in [3.63, 3.8) is 0 Å². The van der Waals surface area contributed by atoms with E-state index in [1.807, 2.05) is 18.7 Å². The van der Waals surface area contributed by atoms with Crippen LogP contribution in [0.1, 0.15) is 13.8 Å². The first-order valence-electron chi connectivity index (χ1n) is 8.07. The van der Waals surface area contributed by atoms with Crippen molar-refractivity contribution in [1.82, 2.24) is 15.0 Å². The Morgan fingerprint density at radius 2 is 1.88 bits per heavy atom. The summed E-state index contributed by atoms with van der Waals surface area (Å²) >= 11 is 6.07. The third-order valence-corrected chi connectivity index (χ3v) is 3.71. The molecule has 0 bridgehead atoms. The zero-order valence-corrected chi connectivity index (χ0v) is 15.3. The molecule has 0 aliphatic rings. The van der Waals surface area contributed by atoms with Gasteiger partial charge < -0.3 is 25.4 Å². The van der Waals surface area contributed by atoms with Crippen molar-refractivity contribution in [2.75, 3.05) is 48.9 Å². The van der Waals surface area contributed by atoms with E-state index >= 15 is 0 Å². The highest BCUT2D eigenvalue weighted by molar-refractivity contribution is 6.31. The molecule has 2 rings (SSSR count). The number of nitrogens with one attached hydrogen (secondary N) is 2. The van der Waals surface area contributed by atoms with E-state index in [-0.39, 0.29) is 6.61 Å². The maximum absolute atomic E-state index is 9.01. The summed E-state index contributed by atoms with van der Waals surface area (Å²) in [7, 11) is 1.58. The number of rotatable bonds is 9. The van der Waals surface area contributed by atoms with Crippen LogP contribution in [-0.4, -0.2) is 53.4 Å². The molecule has 0 amide bonds. The number of hydrogen-bond donors (Lipinski definition) is 3. The Labute approximate surface area is 152 Å². The minimum atomic E-state index is -0.0167. The van der Waals surface area contributed by atoms with Crippen LogP contribution in [0.25, 0.3) is 0 Å². The standard InChI is InChI=1S/C16H23ClN6O2/c1-4-23(5-2)16-21-14(18-8-9-24)20-15(22-16)19-12-10-11(17)6-7-13(12)25-3/h6-7,10,24H,4-5,8-9H2,1-3H3,(H2,18,19,20,21,22). The molecule has 3 N–H and O–H groups in total. The predicted molar refractivity (Wildman–Crippen MR) is 100 cm³/mol. The van der Waals surface area contributed by atoms with Gasteiger partial charge >= 0.3 is 0 Å². The molecule has 0 unspecified atom stereocenters. The number of aliphatic hydroxyl groups excluding tert-OH is 1. The summed E-state index contributed by atoms with van der Waals surface area (Å²) in [6.45, 7) is 5.92. The number of nitrogens with zero attached hydrogens (tertiary/aromatic N) is 4. The second-order valence-electron chi connectivity index (χ2n) is 5.07. The van der Waals surface area contributed by atoms with Gasteiger partial charge in [0, 0.05) is 24.7 Å². The van der Waals surface area contributed by atoms with Gasteiger partial charge in [0.05, 0.1) is 19.4 Å². The van der Waals surface area contributed by atoms with E-state index in [9.17, 15) is 0 Å². The Balaban J connectivity index is 2.38. The SMILES string of the molecule is CCN(CC)c1nc(NCCO)nc(Nc2cc(Cl)ccc2OC)n1. The monoisotopic (exact) mass is 366 g/mol. The lowest BCUT2D eigenvalue weighted by Gasteiger charge is -2.20. The summed E-state index contributed by atoms with van der Waals surface area (Å²) in [6.07, 6.45) is 0. The molecule has 1 heterocycles. The molecule has 0 aliphatic carbocycles. The molecular formula is C16H23ClN6O2. The van der Waals surface area contributed by atoms with Crippen molar-refractivity contribution in [2.24, 2.45) is 0 Å².